The van der Waals surface area contributed by atoms with Crippen molar-refractivity contribution in [2.75, 3.05) is 0 Å². The van der Waals surface area contributed by atoms with Gasteiger partial charge >= 0.3 is 5.97 Å². The highest BCUT2D eigenvalue weighted by molar-refractivity contribution is 5.88. The minimum Gasteiger partial charge on any atom is -0.478 e. The van der Waals surface area contributed by atoms with E-state index < -0.39 is 28.6 Å². The zero-order valence-electron chi connectivity index (χ0n) is 10.7. The van der Waals surface area contributed by atoms with Gasteiger partial charge in [-0.05, 0) is 13.0 Å². The van der Waals surface area contributed by atoms with Crippen LogP contribution in [-0.4, -0.2) is 25.8 Å². The van der Waals surface area contributed by atoms with E-state index in [0.29, 0.717) is 0 Å². The summed E-state index contributed by atoms with van der Waals surface area (Å²) in [6, 6.07) is 2.91. The molecule has 0 aliphatic rings. The van der Waals surface area contributed by atoms with Crippen LogP contribution in [0.25, 0.3) is 5.69 Å². The van der Waals surface area contributed by atoms with Gasteiger partial charge in [0.15, 0.2) is 0 Å². The van der Waals surface area contributed by atoms with E-state index in [1.165, 1.54) is 6.92 Å². The van der Waals surface area contributed by atoms with Gasteiger partial charge in [-0.2, -0.15) is 5.10 Å². The lowest BCUT2D eigenvalue weighted by Gasteiger charge is -2.08. The molecule has 0 saturated carbocycles. The molecule has 2 aromatic rings. The third-order valence-electron chi connectivity index (χ3n) is 2.83. The molecule has 0 atom stereocenters. The number of hydrogen-bond donors (Lipinski definition) is 1. The molecule has 7 nitrogen and oxygen atoms in total. The van der Waals surface area contributed by atoms with E-state index in [9.17, 15) is 23.7 Å². The van der Waals surface area contributed by atoms with E-state index in [2.05, 4.69) is 5.10 Å². The number of alkyl halides is 2. The first-order valence-corrected chi connectivity index (χ1v) is 5.67. The van der Waals surface area contributed by atoms with Gasteiger partial charge in [-0.25, -0.2) is 18.3 Å². The second kappa shape index (κ2) is 5.27. The number of rotatable bonds is 4. The standard InChI is InChI=1S/C12H9F2N3O4/c1-6-9(12(18)19)5-16(15-6)10-3-2-7(17(20)21)4-8(10)11(13)14/h2-5,11H,1H3,(H,18,19). The molecule has 0 aliphatic carbocycles. The number of benzene rings is 1. The molecular weight excluding hydrogens is 288 g/mol. The van der Waals surface area contributed by atoms with Crippen LogP contribution >= 0.6 is 0 Å². The fourth-order valence-electron chi connectivity index (χ4n) is 1.83. The molecular formula is C12H9F2N3O4. The maximum atomic E-state index is 13.0. The smallest absolute Gasteiger partial charge is 0.339 e. The van der Waals surface area contributed by atoms with Gasteiger partial charge in [0.05, 0.1) is 21.9 Å². The summed E-state index contributed by atoms with van der Waals surface area (Å²) < 4.78 is 27.1. The van der Waals surface area contributed by atoms with Crippen LogP contribution in [-0.2, 0) is 0 Å². The predicted molar refractivity (Wildman–Crippen MR) is 66.9 cm³/mol. The second-order valence-electron chi connectivity index (χ2n) is 4.18. The lowest BCUT2D eigenvalue weighted by atomic mass is 10.1. The van der Waals surface area contributed by atoms with Crippen molar-refractivity contribution >= 4 is 11.7 Å². The van der Waals surface area contributed by atoms with Crippen LogP contribution < -0.4 is 0 Å². The Hall–Kier alpha value is -2.84. The molecule has 1 heterocycles. The van der Waals surface area contributed by atoms with Gasteiger partial charge in [-0.3, -0.25) is 10.1 Å². The molecule has 0 aliphatic heterocycles. The lowest BCUT2D eigenvalue weighted by Crippen LogP contribution is -2.02. The molecule has 1 aromatic carbocycles. The molecule has 0 saturated heterocycles. The normalized spacial score (nSPS) is 10.9. The summed E-state index contributed by atoms with van der Waals surface area (Å²) in [4.78, 5) is 20.8. The maximum absolute atomic E-state index is 13.0. The number of halogens is 2. The summed E-state index contributed by atoms with van der Waals surface area (Å²) in [7, 11) is 0. The number of nitro benzene ring substituents is 1. The van der Waals surface area contributed by atoms with Crippen molar-refractivity contribution in [1.82, 2.24) is 9.78 Å². The summed E-state index contributed by atoms with van der Waals surface area (Å²) in [6.45, 7) is 1.42. The summed E-state index contributed by atoms with van der Waals surface area (Å²) in [5.74, 6) is -1.24. The zero-order chi connectivity index (χ0) is 15.7. The van der Waals surface area contributed by atoms with Crippen LogP contribution in [0.15, 0.2) is 24.4 Å². The number of nitrogens with zero attached hydrogens (tertiary/aromatic N) is 3. The van der Waals surface area contributed by atoms with Crippen LogP contribution in [0.3, 0.4) is 0 Å². The molecule has 0 spiro atoms. The highest BCUT2D eigenvalue weighted by Gasteiger charge is 2.21. The Balaban J connectivity index is 2.60. The van der Waals surface area contributed by atoms with E-state index in [1.807, 2.05) is 0 Å². The fourth-order valence-corrected chi connectivity index (χ4v) is 1.83. The molecule has 0 radical (unpaired) electrons. The van der Waals surface area contributed by atoms with Gasteiger partial charge in [0.2, 0.25) is 0 Å². The highest BCUT2D eigenvalue weighted by Crippen LogP contribution is 2.29. The summed E-state index contributed by atoms with van der Waals surface area (Å²) in [6.07, 6.45) is -1.87. The van der Waals surface area contributed by atoms with Crippen LogP contribution in [0.1, 0.15) is 28.0 Å². The first-order chi connectivity index (χ1) is 9.81. The van der Waals surface area contributed by atoms with Crippen molar-refractivity contribution in [3.05, 3.63) is 51.3 Å². The number of carbonyl (C=O) groups is 1. The first kappa shape index (κ1) is 14.6. The molecule has 110 valence electrons. The van der Waals surface area contributed by atoms with Gasteiger partial charge in [0, 0.05) is 18.3 Å². The topological polar surface area (TPSA) is 98.3 Å². The van der Waals surface area contributed by atoms with Gasteiger partial charge in [-0.1, -0.05) is 0 Å². The lowest BCUT2D eigenvalue weighted by molar-refractivity contribution is -0.385. The van der Waals surface area contributed by atoms with Gasteiger partial charge < -0.3 is 5.11 Å². The molecule has 0 bridgehead atoms. The predicted octanol–water partition coefficient (Wildman–Crippen LogP) is 2.72. The van der Waals surface area contributed by atoms with Crippen molar-refractivity contribution in [3.8, 4) is 5.69 Å². The Bertz CT molecular complexity index is 727. The third kappa shape index (κ3) is 2.71. The van der Waals surface area contributed by atoms with Crippen LogP contribution in [0.5, 0.6) is 0 Å². The summed E-state index contributed by atoms with van der Waals surface area (Å²) in [5.41, 5.74) is -1.15. The van der Waals surface area contributed by atoms with Crippen molar-refractivity contribution in [1.29, 1.82) is 0 Å². The summed E-state index contributed by atoms with van der Waals surface area (Å²) >= 11 is 0. The molecule has 9 heteroatoms. The number of carboxylic acid groups (broad SMARTS) is 1. The van der Waals surface area contributed by atoms with Gasteiger partial charge in [0.25, 0.3) is 12.1 Å². The Labute approximate surface area is 116 Å². The summed E-state index contributed by atoms with van der Waals surface area (Å²) in [5, 5.41) is 23.4. The third-order valence-corrected chi connectivity index (χ3v) is 2.83. The number of aromatic carboxylic acids is 1. The van der Waals surface area contributed by atoms with Crippen molar-refractivity contribution in [2.45, 2.75) is 13.3 Å². The number of carboxylic acids is 1. The highest BCUT2D eigenvalue weighted by atomic mass is 19.3. The Kier molecular flexibility index (Phi) is 3.66. The van der Waals surface area contributed by atoms with Gasteiger partial charge in [0.1, 0.15) is 5.56 Å². The number of non-ortho nitro benzene ring substituents is 1. The zero-order valence-corrected chi connectivity index (χ0v) is 10.7. The second-order valence-corrected chi connectivity index (χ2v) is 4.18. The Morgan fingerprint density at radius 1 is 1.48 bits per heavy atom. The molecule has 0 fully saturated rings. The van der Waals surface area contributed by atoms with Crippen molar-refractivity contribution in [2.24, 2.45) is 0 Å². The molecule has 0 unspecified atom stereocenters. The number of aryl methyl sites for hydroxylation is 1. The number of hydrogen-bond acceptors (Lipinski definition) is 4. The van der Waals surface area contributed by atoms with E-state index in [4.69, 9.17) is 5.11 Å². The Morgan fingerprint density at radius 3 is 2.62 bits per heavy atom. The minimum atomic E-state index is -2.96. The number of nitro groups is 1. The van der Waals surface area contributed by atoms with E-state index in [-0.39, 0.29) is 16.9 Å². The minimum absolute atomic E-state index is 0.105. The quantitative estimate of drug-likeness (QED) is 0.691. The molecule has 1 aromatic heterocycles. The molecule has 2 rings (SSSR count). The fraction of sp³-hybridized carbons (Fsp3) is 0.167. The molecule has 1 N–H and O–H groups in total. The van der Waals surface area contributed by atoms with E-state index >= 15 is 0 Å². The van der Waals surface area contributed by atoms with E-state index in [0.717, 1.165) is 29.1 Å². The van der Waals surface area contributed by atoms with Crippen molar-refractivity contribution in [3.63, 3.8) is 0 Å². The first-order valence-electron chi connectivity index (χ1n) is 5.67. The molecule has 21 heavy (non-hydrogen) atoms. The average molecular weight is 297 g/mol. The average Bonchev–Trinajstić information content (AvgIpc) is 2.80. The van der Waals surface area contributed by atoms with Crippen LogP contribution in [0.4, 0.5) is 14.5 Å². The monoisotopic (exact) mass is 297 g/mol. The Morgan fingerprint density at radius 2 is 2.14 bits per heavy atom. The van der Waals surface area contributed by atoms with Crippen LogP contribution in [0.2, 0.25) is 0 Å². The van der Waals surface area contributed by atoms with Crippen LogP contribution in [0, 0.1) is 17.0 Å². The maximum Gasteiger partial charge on any atom is 0.339 e. The largest absolute Gasteiger partial charge is 0.478 e. The number of aromatic nitrogens is 2. The van der Waals surface area contributed by atoms with E-state index in [1.54, 1.807) is 0 Å². The van der Waals surface area contributed by atoms with Crippen molar-refractivity contribution < 1.29 is 23.6 Å². The van der Waals surface area contributed by atoms with Gasteiger partial charge in [-0.15, -0.1) is 0 Å². The SMILES string of the molecule is Cc1nn(-c2ccc([N+](=O)[O-])cc2C(F)F)cc1C(=O)O. The molecule has 0 amide bonds.